The minimum atomic E-state index is -0.900. The molecule has 22 heavy (non-hydrogen) atoms. The molecule has 0 aliphatic carbocycles. The van der Waals surface area contributed by atoms with Gasteiger partial charge in [-0.15, -0.1) is 0 Å². The number of hydrogen-bond acceptors (Lipinski definition) is 7. The maximum atomic E-state index is 12.1. The summed E-state index contributed by atoms with van der Waals surface area (Å²) in [6, 6.07) is 0. The van der Waals surface area contributed by atoms with Crippen LogP contribution in [0.15, 0.2) is 0 Å². The lowest BCUT2D eigenvalue weighted by atomic mass is 9.89. The monoisotopic (exact) mass is 308 g/mol. The van der Waals surface area contributed by atoms with Crippen LogP contribution >= 0.6 is 0 Å². The van der Waals surface area contributed by atoms with E-state index in [1.165, 1.54) is 21.3 Å². The van der Waals surface area contributed by atoms with E-state index in [0.29, 0.717) is 5.56 Å². The molecule has 118 valence electrons. The summed E-state index contributed by atoms with van der Waals surface area (Å²) in [6.07, 6.45) is 0. The molecule has 1 aliphatic heterocycles. The van der Waals surface area contributed by atoms with E-state index in [0.717, 1.165) is 0 Å². The first-order valence-corrected chi connectivity index (χ1v) is 6.55. The van der Waals surface area contributed by atoms with Crippen molar-refractivity contribution >= 4 is 17.9 Å². The average molecular weight is 308 g/mol. The summed E-state index contributed by atoms with van der Waals surface area (Å²) in [4.78, 5) is 36.1. The smallest absolute Gasteiger partial charge is 0.347 e. The fraction of sp³-hybridized carbons (Fsp3) is 0.400. The molecule has 0 fully saturated rings. The molecule has 0 saturated carbocycles. The van der Waals surface area contributed by atoms with Crippen molar-refractivity contribution in [1.29, 1.82) is 0 Å². The van der Waals surface area contributed by atoms with E-state index in [1.807, 2.05) is 13.8 Å². The van der Waals surface area contributed by atoms with Crippen LogP contribution < -0.4 is 9.47 Å². The van der Waals surface area contributed by atoms with Crippen molar-refractivity contribution in [2.75, 3.05) is 21.3 Å². The van der Waals surface area contributed by atoms with Crippen molar-refractivity contribution in [1.82, 2.24) is 0 Å². The number of carbonyl (C=O) groups excluding carboxylic acids is 3. The zero-order valence-corrected chi connectivity index (χ0v) is 12.9. The third-order valence-corrected chi connectivity index (χ3v) is 3.42. The number of benzene rings is 1. The standard InChI is InChI=1S/C15H16O7/c1-6(2)7-8-9(15(18)22-14(8)17)10(13(16)21-5)12(20-4)11(7)19-3/h6H,1-5H3. The largest absolute Gasteiger partial charge is 0.493 e. The maximum absolute atomic E-state index is 12.1. The van der Waals surface area contributed by atoms with Crippen LogP contribution in [-0.2, 0) is 9.47 Å². The minimum Gasteiger partial charge on any atom is -0.493 e. The molecule has 0 spiro atoms. The van der Waals surface area contributed by atoms with Gasteiger partial charge in [-0.3, -0.25) is 0 Å². The number of cyclic esters (lactones) is 2. The van der Waals surface area contributed by atoms with Gasteiger partial charge in [-0.05, 0) is 5.92 Å². The fourth-order valence-corrected chi connectivity index (χ4v) is 2.57. The van der Waals surface area contributed by atoms with Gasteiger partial charge in [0.05, 0.1) is 32.5 Å². The van der Waals surface area contributed by atoms with Gasteiger partial charge in [0.1, 0.15) is 5.56 Å². The van der Waals surface area contributed by atoms with Crippen LogP contribution in [0.5, 0.6) is 11.5 Å². The number of methoxy groups -OCH3 is 3. The molecule has 0 atom stereocenters. The summed E-state index contributed by atoms with van der Waals surface area (Å²) in [5.74, 6) is -2.43. The SMILES string of the molecule is COC(=O)c1c(OC)c(OC)c(C(C)C)c2c1C(=O)OC2=O. The van der Waals surface area contributed by atoms with Gasteiger partial charge in [-0.2, -0.15) is 0 Å². The summed E-state index contributed by atoms with van der Waals surface area (Å²) >= 11 is 0. The Morgan fingerprint density at radius 1 is 0.955 bits per heavy atom. The molecule has 1 aromatic rings. The van der Waals surface area contributed by atoms with Crippen LogP contribution in [0.1, 0.15) is 56.4 Å². The highest BCUT2D eigenvalue weighted by atomic mass is 16.6. The second-order valence-electron chi connectivity index (χ2n) is 4.93. The first-order chi connectivity index (χ1) is 10.4. The first kappa shape index (κ1) is 15.8. The van der Waals surface area contributed by atoms with E-state index >= 15 is 0 Å². The van der Waals surface area contributed by atoms with Crippen molar-refractivity contribution in [3.8, 4) is 11.5 Å². The second kappa shape index (κ2) is 5.67. The molecule has 2 rings (SSSR count). The molecule has 0 N–H and O–H groups in total. The highest BCUT2D eigenvalue weighted by molar-refractivity contribution is 6.21. The van der Waals surface area contributed by atoms with Gasteiger partial charge in [0, 0.05) is 5.56 Å². The third kappa shape index (κ3) is 2.09. The van der Waals surface area contributed by atoms with Gasteiger partial charge in [0.2, 0.25) is 0 Å². The van der Waals surface area contributed by atoms with E-state index in [9.17, 15) is 14.4 Å². The maximum Gasteiger partial charge on any atom is 0.347 e. The molecule has 0 aromatic heterocycles. The lowest BCUT2D eigenvalue weighted by Crippen LogP contribution is -2.15. The fourth-order valence-electron chi connectivity index (χ4n) is 2.57. The molecule has 1 aliphatic rings. The summed E-state index contributed by atoms with van der Waals surface area (Å²) in [5, 5.41) is 0. The van der Waals surface area contributed by atoms with E-state index in [2.05, 4.69) is 4.74 Å². The number of carbonyl (C=O) groups is 3. The Morgan fingerprint density at radius 2 is 1.50 bits per heavy atom. The van der Waals surface area contributed by atoms with E-state index < -0.39 is 17.9 Å². The van der Waals surface area contributed by atoms with Gasteiger partial charge in [-0.25, -0.2) is 14.4 Å². The lowest BCUT2D eigenvalue weighted by Gasteiger charge is -2.20. The third-order valence-electron chi connectivity index (χ3n) is 3.42. The van der Waals surface area contributed by atoms with Gasteiger partial charge in [-0.1, -0.05) is 13.8 Å². The molecule has 0 saturated heterocycles. The van der Waals surface area contributed by atoms with Crippen molar-refractivity contribution in [2.24, 2.45) is 0 Å². The molecule has 0 bridgehead atoms. The van der Waals surface area contributed by atoms with Gasteiger partial charge >= 0.3 is 17.9 Å². The Labute approximate surface area is 127 Å². The van der Waals surface area contributed by atoms with Crippen LogP contribution in [0.2, 0.25) is 0 Å². The molecule has 7 heteroatoms. The van der Waals surface area contributed by atoms with Crippen LogP contribution in [0, 0.1) is 0 Å². The summed E-state index contributed by atoms with van der Waals surface area (Å²) in [6.45, 7) is 3.65. The molecule has 0 unspecified atom stereocenters. The molecule has 0 radical (unpaired) electrons. The first-order valence-electron chi connectivity index (χ1n) is 6.55. The summed E-state index contributed by atoms with van der Waals surface area (Å²) in [5.41, 5.74) is 0.172. The van der Waals surface area contributed by atoms with E-state index in [1.54, 1.807) is 0 Å². The molecule has 1 heterocycles. The number of fused-ring (bicyclic) bond motifs is 1. The van der Waals surface area contributed by atoms with Crippen molar-refractivity contribution < 1.29 is 33.3 Å². The van der Waals surface area contributed by atoms with E-state index in [4.69, 9.17) is 14.2 Å². The van der Waals surface area contributed by atoms with Crippen molar-refractivity contribution in [3.05, 3.63) is 22.3 Å². The zero-order chi connectivity index (χ0) is 16.6. The number of hydrogen-bond donors (Lipinski definition) is 0. The Balaban J connectivity index is 3.01. The van der Waals surface area contributed by atoms with Crippen molar-refractivity contribution in [2.45, 2.75) is 19.8 Å². The second-order valence-corrected chi connectivity index (χ2v) is 4.93. The highest BCUT2D eigenvalue weighted by Gasteiger charge is 2.42. The van der Waals surface area contributed by atoms with Crippen molar-refractivity contribution in [3.63, 3.8) is 0 Å². The zero-order valence-electron chi connectivity index (χ0n) is 12.9. The van der Waals surface area contributed by atoms with Gasteiger partial charge < -0.3 is 18.9 Å². The Kier molecular flexibility index (Phi) is 4.07. The van der Waals surface area contributed by atoms with Crippen LogP contribution in [-0.4, -0.2) is 39.2 Å². The number of rotatable bonds is 4. The average Bonchev–Trinajstić information content (AvgIpc) is 2.78. The van der Waals surface area contributed by atoms with Crippen LogP contribution in [0.4, 0.5) is 0 Å². The quantitative estimate of drug-likeness (QED) is 0.620. The Hall–Kier alpha value is -2.57. The van der Waals surface area contributed by atoms with Gasteiger partial charge in [0.15, 0.2) is 11.5 Å². The van der Waals surface area contributed by atoms with Crippen LogP contribution in [0.3, 0.4) is 0 Å². The summed E-state index contributed by atoms with van der Waals surface area (Å²) in [7, 11) is 3.89. The minimum absolute atomic E-state index is 0.0260. The predicted octanol–water partition coefficient (Wildman–Crippen LogP) is 1.92. The normalized spacial score (nSPS) is 13.0. The molecule has 1 aromatic carbocycles. The van der Waals surface area contributed by atoms with Crippen LogP contribution in [0.25, 0.3) is 0 Å². The van der Waals surface area contributed by atoms with Gasteiger partial charge in [0.25, 0.3) is 0 Å². The summed E-state index contributed by atoms with van der Waals surface area (Å²) < 4.78 is 19.9. The molecular formula is C15H16O7. The van der Waals surface area contributed by atoms with E-state index in [-0.39, 0.29) is 34.1 Å². The highest BCUT2D eigenvalue weighted by Crippen LogP contribution is 2.46. The molecule has 7 nitrogen and oxygen atoms in total. The topological polar surface area (TPSA) is 88.1 Å². The number of esters is 3. The Morgan fingerprint density at radius 3 is 1.95 bits per heavy atom. The lowest BCUT2D eigenvalue weighted by molar-refractivity contribution is 0.0436. The predicted molar refractivity (Wildman–Crippen MR) is 74.7 cm³/mol. The molecule has 0 amide bonds. The molecular weight excluding hydrogens is 292 g/mol. The number of ether oxygens (including phenoxy) is 4. The Bertz CT molecular complexity index is 673.